The van der Waals surface area contributed by atoms with Crippen molar-refractivity contribution in [3.8, 4) is 0 Å². The second-order valence-electron chi connectivity index (χ2n) is 4.71. The number of aliphatic hydroxyl groups is 4. The number of nitro groups is 1. The van der Waals surface area contributed by atoms with Crippen molar-refractivity contribution in [1.82, 2.24) is 0 Å². The average molecular weight is 301 g/mol. The number of benzene rings is 1. The lowest BCUT2D eigenvalue weighted by Crippen LogP contribution is -2.57. The number of aliphatic hydroxyl groups excluding tert-OH is 4. The average Bonchev–Trinajstić information content (AvgIpc) is 2.43. The quantitative estimate of drug-likeness (QED) is 0.318. The Morgan fingerprint density at radius 2 is 1.65 bits per heavy atom. The van der Waals surface area contributed by atoms with E-state index in [-0.39, 0.29) is 0 Å². The zero-order valence-corrected chi connectivity index (χ0v) is 11.4. The van der Waals surface area contributed by atoms with E-state index in [0.29, 0.717) is 5.30 Å². The molecule has 1 aromatic rings. The first-order valence-corrected chi connectivity index (χ1v) is 7.59. The number of hydrogen-bond acceptors (Lipinski definition) is 6. The predicted octanol–water partition coefficient (Wildman–Crippen LogP) is -1.15. The van der Waals surface area contributed by atoms with Crippen molar-refractivity contribution < 1.29 is 25.3 Å². The topological polar surface area (TPSA) is 124 Å². The van der Waals surface area contributed by atoms with Crippen molar-refractivity contribution in [3.05, 3.63) is 40.4 Å². The fourth-order valence-corrected chi connectivity index (χ4v) is 5.34. The van der Waals surface area contributed by atoms with Gasteiger partial charge in [0.25, 0.3) is 0 Å². The molecular formula is C12H16NO6P. The molecule has 1 fully saturated rings. The van der Waals surface area contributed by atoms with Crippen LogP contribution in [0.15, 0.2) is 30.3 Å². The van der Waals surface area contributed by atoms with Gasteiger partial charge in [0, 0.05) is 4.92 Å². The van der Waals surface area contributed by atoms with Crippen LogP contribution in [-0.2, 0) is 0 Å². The molecule has 0 saturated carbocycles. The first-order chi connectivity index (χ1) is 9.43. The lowest BCUT2D eigenvalue weighted by atomic mass is 10.0. The third-order valence-corrected chi connectivity index (χ3v) is 6.39. The summed E-state index contributed by atoms with van der Waals surface area (Å²) in [5.41, 5.74) is -0.907. The molecule has 1 aliphatic rings. The van der Waals surface area contributed by atoms with Crippen molar-refractivity contribution in [2.24, 2.45) is 0 Å². The summed E-state index contributed by atoms with van der Waals surface area (Å²) in [6.07, 6.45) is -4.54. The molecule has 7 nitrogen and oxygen atoms in total. The molecule has 6 atom stereocenters. The van der Waals surface area contributed by atoms with E-state index in [0.717, 1.165) is 0 Å². The van der Waals surface area contributed by atoms with Gasteiger partial charge in [-0.2, -0.15) is 0 Å². The molecular weight excluding hydrogens is 285 g/mol. The smallest absolute Gasteiger partial charge is 0.213 e. The summed E-state index contributed by atoms with van der Waals surface area (Å²) in [7, 11) is -1.58. The van der Waals surface area contributed by atoms with Crippen molar-refractivity contribution in [1.29, 1.82) is 0 Å². The van der Waals surface area contributed by atoms with E-state index in [1.54, 1.807) is 30.3 Å². The number of nitrogens with zero attached hydrogens (tertiary/aromatic N) is 1. The van der Waals surface area contributed by atoms with E-state index in [1.807, 2.05) is 0 Å². The van der Waals surface area contributed by atoms with E-state index in [1.165, 1.54) is 0 Å². The van der Waals surface area contributed by atoms with Crippen LogP contribution in [0, 0.1) is 10.1 Å². The van der Waals surface area contributed by atoms with E-state index >= 15 is 0 Å². The van der Waals surface area contributed by atoms with Gasteiger partial charge in [-0.15, -0.1) is 0 Å². The molecule has 110 valence electrons. The van der Waals surface area contributed by atoms with E-state index in [9.17, 15) is 30.5 Å². The molecule has 0 bridgehead atoms. The van der Waals surface area contributed by atoms with Gasteiger partial charge >= 0.3 is 0 Å². The SMILES string of the molecule is O=[N+]([O-])C[C@@H]1[C@@H](O)[C@H](O)[C@@H](O)C(O)P1c1ccccc1. The summed E-state index contributed by atoms with van der Waals surface area (Å²) in [5.74, 6) is -1.31. The molecule has 0 amide bonds. The minimum Gasteiger partial charge on any atom is -0.389 e. The highest BCUT2D eigenvalue weighted by Gasteiger charge is 2.50. The van der Waals surface area contributed by atoms with Gasteiger partial charge in [0.1, 0.15) is 18.1 Å². The Morgan fingerprint density at radius 1 is 1.05 bits per heavy atom. The Balaban J connectivity index is 2.39. The zero-order chi connectivity index (χ0) is 14.9. The van der Waals surface area contributed by atoms with Crippen LogP contribution >= 0.6 is 7.92 Å². The van der Waals surface area contributed by atoms with Gasteiger partial charge in [0.05, 0.1) is 11.8 Å². The molecule has 2 unspecified atom stereocenters. The summed E-state index contributed by atoms with van der Waals surface area (Å²) in [6, 6.07) is 8.59. The molecule has 20 heavy (non-hydrogen) atoms. The van der Waals surface area contributed by atoms with Crippen LogP contribution in [0.2, 0.25) is 0 Å². The van der Waals surface area contributed by atoms with Gasteiger partial charge < -0.3 is 20.4 Å². The second-order valence-corrected chi connectivity index (χ2v) is 7.23. The van der Waals surface area contributed by atoms with Crippen LogP contribution in [0.3, 0.4) is 0 Å². The highest BCUT2D eigenvalue weighted by molar-refractivity contribution is 7.67. The largest absolute Gasteiger partial charge is 0.389 e. The van der Waals surface area contributed by atoms with Crippen LogP contribution in [-0.4, -0.2) is 61.7 Å². The van der Waals surface area contributed by atoms with Gasteiger partial charge in [-0.05, 0) is 13.2 Å². The molecule has 4 N–H and O–H groups in total. The highest BCUT2D eigenvalue weighted by atomic mass is 31.1. The van der Waals surface area contributed by atoms with Crippen LogP contribution < -0.4 is 5.30 Å². The monoisotopic (exact) mass is 301 g/mol. The van der Waals surface area contributed by atoms with E-state index in [4.69, 9.17) is 0 Å². The van der Waals surface area contributed by atoms with Gasteiger partial charge in [-0.3, -0.25) is 10.1 Å². The van der Waals surface area contributed by atoms with Gasteiger partial charge in [0.15, 0.2) is 0 Å². The maximum absolute atomic E-state index is 10.8. The zero-order valence-electron chi connectivity index (χ0n) is 10.5. The molecule has 1 aromatic carbocycles. The maximum Gasteiger partial charge on any atom is 0.213 e. The molecule has 2 rings (SSSR count). The van der Waals surface area contributed by atoms with Crippen LogP contribution in [0.4, 0.5) is 0 Å². The second kappa shape index (κ2) is 6.11. The summed E-state index contributed by atoms with van der Waals surface area (Å²) in [6.45, 7) is -0.567. The van der Waals surface area contributed by atoms with Crippen molar-refractivity contribution >= 4 is 13.2 Å². The lowest BCUT2D eigenvalue weighted by Gasteiger charge is -2.43. The molecule has 0 radical (unpaired) electrons. The highest BCUT2D eigenvalue weighted by Crippen LogP contribution is 2.51. The molecule has 1 saturated heterocycles. The summed E-state index contributed by atoms with van der Waals surface area (Å²) in [4.78, 5) is 10.2. The molecule has 0 aliphatic carbocycles. The fraction of sp³-hybridized carbons (Fsp3) is 0.500. The Kier molecular flexibility index (Phi) is 4.67. The normalized spacial score (nSPS) is 37.6. The van der Waals surface area contributed by atoms with E-state index < -0.39 is 49.2 Å². The first-order valence-electron chi connectivity index (χ1n) is 6.11. The van der Waals surface area contributed by atoms with Crippen molar-refractivity contribution in [2.75, 3.05) is 6.54 Å². The minimum absolute atomic E-state index is 0.567. The fourth-order valence-electron chi connectivity index (χ4n) is 2.42. The summed E-state index contributed by atoms with van der Waals surface area (Å²) >= 11 is 0. The minimum atomic E-state index is -1.59. The third kappa shape index (κ3) is 2.82. The Hall–Kier alpha value is -1.11. The summed E-state index contributed by atoms with van der Waals surface area (Å²) < 4.78 is 0. The molecule has 1 heterocycles. The lowest BCUT2D eigenvalue weighted by molar-refractivity contribution is -0.481. The van der Waals surface area contributed by atoms with Crippen LogP contribution in [0.25, 0.3) is 0 Å². The van der Waals surface area contributed by atoms with Gasteiger partial charge in [0.2, 0.25) is 6.54 Å². The molecule has 1 aliphatic heterocycles. The van der Waals surface area contributed by atoms with E-state index in [2.05, 4.69) is 0 Å². The Morgan fingerprint density at radius 3 is 2.20 bits per heavy atom. The first kappa shape index (κ1) is 15.3. The van der Waals surface area contributed by atoms with Gasteiger partial charge in [-0.1, -0.05) is 30.3 Å². The molecule has 0 aromatic heterocycles. The maximum atomic E-state index is 10.8. The number of hydrogen-bond donors (Lipinski definition) is 4. The standard InChI is InChI=1S/C12H16NO6P/c14-9-8(6-13(18)19)20(7-4-2-1-3-5-7)12(17)11(16)10(9)15/h1-5,8-12,14-17H,6H2/t8-,9-,10+,11-,12?,20?/m1/s1. The van der Waals surface area contributed by atoms with Gasteiger partial charge in [-0.25, -0.2) is 0 Å². The predicted molar refractivity (Wildman–Crippen MR) is 72.7 cm³/mol. The van der Waals surface area contributed by atoms with Crippen LogP contribution in [0.1, 0.15) is 0 Å². The summed E-state index contributed by atoms with van der Waals surface area (Å²) in [5, 5.41) is 51.0. The van der Waals surface area contributed by atoms with Crippen LogP contribution in [0.5, 0.6) is 0 Å². The molecule has 0 spiro atoms. The number of rotatable bonds is 3. The Bertz CT molecular complexity index is 472. The Labute approximate surface area is 116 Å². The molecule has 8 heteroatoms. The van der Waals surface area contributed by atoms with Crippen molar-refractivity contribution in [2.45, 2.75) is 29.8 Å². The third-order valence-electron chi connectivity index (χ3n) is 3.43. The van der Waals surface area contributed by atoms with Crippen molar-refractivity contribution in [3.63, 3.8) is 0 Å².